The lowest BCUT2D eigenvalue weighted by atomic mass is 10.1. The van der Waals surface area contributed by atoms with Crippen LogP contribution in [0.3, 0.4) is 0 Å². The Morgan fingerprint density at radius 3 is 2.67 bits per heavy atom. The van der Waals surface area contributed by atoms with E-state index in [2.05, 4.69) is 10.3 Å². The Morgan fingerprint density at radius 2 is 1.92 bits per heavy atom. The fourth-order valence-electron chi connectivity index (χ4n) is 2.19. The minimum atomic E-state index is -0.185. The number of benzene rings is 2. The Hall–Kier alpha value is -1.75. The van der Waals surface area contributed by atoms with Crippen molar-refractivity contribution in [3.63, 3.8) is 0 Å². The lowest BCUT2D eigenvalue weighted by molar-refractivity contribution is -0.115. The van der Waals surface area contributed by atoms with Crippen molar-refractivity contribution in [2.45, 2.75) is 13.8 Å². The van der Waals surface area contributed by atoms with Gasteiger partial charge in [-0.2, -0.15) is 0 Å². The molecule has 0 spiro atoms. The van der Waals surface area contributed by atoms with Crippen LogP contribution in [0.25, 0.3) is 6.08 Å². The first-order valence-corrected chi connectivity index (χ1v) is 8.81. The monoisotopic (exact) mass is 376 g/mol. The van der Waals surface area contributed by atoms with Crippen molar-refractivity contribution >= 4 is 57.8 Å². The molecule has 2 aromatic rings. The van der Waals surface area contributed by atoms with Gasteiger partial charge in [-0.15, -0.1) is 0 Å². The first-order valence-electron chi connectivity index (χ1n) is 7.24. The molecule has 3 nitrogen and oxygen atoms in total. The summed E-state index contributed by atoms with van der Waals surface area (Å²) in [6.45, 7) is 4.00. The summed E-state index contributed by atoms with van der Waals surface area (Å²) in [5.74, 6) is -0.185. The number of aryl methyl sites for hydroxylation is 2. The molecular weight excluding hydrogens is 363 g/mol. The number of rotatable bonds is 2. The minimum absolute atomic E-state index is 0.185. The van der Waals surface area contributed by atoms with Crippen LogP contribution >= 0.6 is 35.0 Å². The van der Waals surface area contributed by atoms with E-state index in [1.807, 2.05) is 32.0 Å². The van der Waals surface area contributed by atoms with Crippen LogP contribution in [0.1, 0.15) is 16.7 Å². The summed E-state index contributed by atoms with van der Waals surface area (Å²) >= 11 is 13.3. The molecule has 1 N–H and O–H groups in total. The van der Waals surface area contributed by atoms with Crippen molar-refractivity contribution < 1.29 is 4.79 Å². The fourth-order valence-corrected chi connectivity index (χ4v) is 3.48. The SMILES string of the molecule is Cc1ccc(C)c(N=C2NC(=O)/C(=C\c3ccc(Cl)cc3Cl)S2)c1. The zero-order valence-electron chi connectivity index (χ0n) is 13.1. The predicted octanol–water partition coefficient (Wildman–Crippen LogP) is 5.50. The van der Waals surface area contributed by atoms with Crippen molar-refractivity contribution in [1.82, 2.24) is 5.32 Å². The lowest BCUT2D eigenvalue weighted by Gasteiger charge is -2.02. The molecule has 0 aromatic heterocycles. The number of hydrogen-bond acceptors (Lipinski definition) is 3. The topological polar surface area (TPSA) is 41.5 Å². The number of thioether (sulfide) groups is 1. The molecule has 24 heavy (non-hydrogen) atoms. The number of amides is 1. The summed E-state index contributed by atoms with van der Waals surface area (Å²) < 4.78 is 0. The molecule has 0 bridgehead atoms. The van der Waals surface area contributed by atoms with E-state index in [9.17, 15) is 4.79 Å². The molecule has 1 fully saturated rings. The van der Waals surface area contributed by atoms with Crippen LogP contribution in [-0.4, -0.2) is 11.1 Å². The van der Waals surface area contributed by atoms with Gasteiger partial charge in [0.25, 0.3) is 5.91 Å². The van der Waals surface area contributed by atoms with Crippen LogP contribution in [0.2, 0.25) is 10.0 Å². The highest BCUT2D eigenvalue weighted by molar-refractivity contribution is 8.18. The first-order chi connectivity index (χ1) is 11.4. The third-order valence-corrected chi connectivity index (χ3v) is 4.96. The van der Waals surface area contributed by atoms with Gasteiger partial charge >= 0.3 is 0 Å². The minimum Gasteiger partial charge on any atom is -0.300 e. The number of hydrogen-bond donors (Lipinski definition) is 1. The standard InChI is InChI=1S/C18H14Cl2N2OS/c1-10-3-4-11(2)15(7-10)21-18-22-17(23)16(24-18)8-12-5-6-13(19)9-14(12)20/h3-9H,1-2H3,(H,21,22,23)/b16-8+. The van der Waals surface area contributed by atoms with E-state index >= 15 is 0 Å². The lowest BCUT2D eigenvalue weighted by Crippen LogP contribution is -2.19. The van der Waals surface area contributed by atoms with Gasteiger partial charge in [0.15, 0.2) is 5.17 Å². The van der Waals surface area contributed by atoms with E-state index in [-0.39, 0.29) is 5.91 Å². The summed E-state index contributed by atoms with van der Waals surface area (Å²) in [7, 11) is 0. The van der Waals surface area contributed by atoms with Crippen LogP contribution in [-0.2, 0) is 4.79 Å². The molecule has 0 saturated carbocycles. The summed E-state index contributed by atoms with van der Waals surface area (Å²) in [5, 5.41) is 4.41. The molecule has 6 heteroatoms. The molecule has 0 atom stereocenters. The molecule has 2 aromatic carbocycles. The second kappa shape index (κ2) is 7.01. The van der Waals surface area contributed by atoms with Crippen molar-refractivity contribution in [3.8, 4) is 0 Å². The average molecular weight is 377 g/mol. The van der Waals surface area contributed by atoms with Gasteiger partial charge in [0.2, 0.25) is 0 Å². The van der Waals surface area contributed by atoms with Gasteiger partial charge < -0.3 is 5.32 Å². The summed E-state index contributed by atoms with van der Waals surface area (Å²) in [6.07, 6.45) is 1.74. The molecule has 0 unspecified atom stereocenters. The second-order valence-corrected chi connectivity index (χ2v) is 7.31. The normalized spacial score (nSPS) is 17.6. The van der Waals surface area contributed by atoms with Crippen LogP contribution in [0, 0.1) is 13.8 Å². The number of nitrogens with zero attached hydrogens (tertiary/aromatic N) is 1. The third-order valence-electron chi connectivity index (χ3n) is 3.49. The van der Waals surface area contributed by atoms with Gasteiger partial charge in [0, 0.05) is 10.0 Å². The molecule has 122 valence electrons. The van der Waals surface area contributed by atoms with Gasteiger partial charge in [-0.1, -0.05) is 41.4 Å². The Labute approximate surface area is 154 Å². The van der Waals surface area contributed by atoms with Crippen LogP contribution in [0.5, 0.6) is 0 Å². The van der Waals surface area contributed by atoms with Crippen LogP contribution < -0.4 is 5.32 Å². The van der Waals surface area contributed by atoms with Crippen molar-refractivity contribution in [2.24, 2.45) is 4.99 Å². The quantitative estimate of drug-likeness (QED) is 0.702. The number of aliphatic imine (C=N–C) groups is 1. The average Bonchev–Trinajstić information content (AvgIpc) is 2.85. The van der Waals surface area contributed by atoms with Gasteiger partial charge in [0.1, 0.15) is 0 Å². The van der Waals surface area contributed by atoms with E-state index in [0.29, 0.717) is 20.1 Å². The highest BCUT2D eigenvalue weighted by Gasteiger charge is 2.24. The third kappa shape index (κ3) is 3.83. The number of carbonyl (C=O) groups is 1. The number of halogens is 2. The highest BCUT2D eigenvalue weighted by atomic mass is 35.5. The van der Waals surface area contributed by atoms with Gasteiger partial charge in [-0.3, -0.25) is 4.79 Å². The maximum Gasteiger partial charge on any atom is 0.264 e. The smallest absolute Gasteiger partial charge is 0.264 e. The van der Waals surface area contributed by atoms with Crippen LogP contribution in [0.4, 0.5) is 5.69 Å². The van der Waals surface area contributed by atoms with Crippen molar-refractivity contribution in [3.05, 3.63) is 68.0 Å². The van der Waals surface area contributed by atoms with E-state index in [4.69, 9.17) is 23.2 Å². The zero-order chi connectivity index (χ0) is 17.3. The number of amidine groups is 1. The fraction of sp³-hybridized carbons (Fsp3) is 0.111. The van der Waals surface area contributed by atoms with Gasteiger partial charge in [-0.25, -0.2) is 4.99 Å². The molecule has 1 aliphatic rings. The van der Waals surface area contributed by atoms with Crippen molar-refractivity contribution in [2.75, 3.05) is 0 Å². The van der Waals surface area contributed by atoms with Crippen molar-refractivity contribution in [1.29, 1.82) is 0 Å². The summed E-state index contributed by atoms with van der Waals surface area (Å²) in [5.41, 5.74) is 3.77. The van der Waals surface area contributed by atoms with E-state index in [0.717, 1.165) is 22.4 Å². The maximum atomic E-state index is 12.2. The predicted molar refractivity (Wildman–Crippen MR) is 103 cm³/mol. The molecule has 1 aliphatic heterocycles. The molecule has 0 aliphatic carbocycles. The molecule has 3 rings (SSSR count). The van der Waals surface area contributed by atoms with Crippen LogP contribution in [0.15, 0.2) is 46.3 Å². The Kier molecular flexibility index (Phi) is 4.99. The van der Waals surface area contributed by atoms with Gasteiger partial charge in [-0.05, 0) is 66.6 Å². The molecule has 0 radical (unpaired) electrons. The largest absolute Gasteiger partial charge is 0.300 e. The number of nitrogens with one attached hydrogen (secondary N) is 1. The maximum absolute atomic E-state index is 12.2. The molecule has 1 heterocycles. The zero-order valence-corrected chi connectivity index (χ0v) is 15.4. The van der Waals surface area contributed by atoms with Gasteiger partial charge in [0.05, 0.1) is 10.6 Å². The summed E-state index contributed by atoms with van der Waals surface area (Å²) in [6, 6.07) is 11.2. The molecular formula is C18H14Cl2N2OS. The molecule has 1 amide bonds. The van der Waals surface area contributed by atoms with E-state index in [1.54, 1.807) is 24.3 Å². The highest BCUT2D eigenvalue weighted by Crippen LogP contribution is 2.31. The Balaban J connectivity index is 1.89. The second-order valence-electron chi connectivity index (χ2n) is 5.44. The summed E-state index contributed by atoms with van der Waals surface area (Å²) in [4.78, 5) is 17.3. The van der Waals surface area contributed by atoms with E-state index < -0.39 is 0 Å². The number of carbonyl (C=O) groups excluding carboxylic acids is 1. The Morgan fingerprint density at radius 1 is 1.12 bits per heavy atom. The first kappa shape index (κ1) is 17.1. The molecule has 1 saturated heterocycles. The Bertz CT molecular complexity index is 891. The van der Waals surface area contributed by atoms with E-state index in [1.165, 1.54) is 11.8 Å².